The van der Waals surface area contributed by atoms with Crippen LogP contribution in [-0.2, 0) is 11.2 Å². The molecule has 1 amide bonds. The first-order valence-electron chi connectivity index (χ1n) is 6.97. The molecular formula is C15H20F2N2O. The highest BCUT2D eigenvalue weighted by atomic mass is 19.2. The lowest BCUT2D eigenvalue weighted by Gasteiger charge is -2.39. The fourth-order valence-corrected chi connectivity index (χ4v) is 2.87. The lowest BCUT2D eigenvalue weighted by atomic mass is 9.90. The van der Waals surface area contributed by atoms with Crippen LogP contribution in [-0.4, -0.2) is 29.9 Å². The Kier molecular flexibility index (Phi) is 4.70. The van der Waals surface area contributed by atoms with Gasteiger partial charge >= 0.3 is 0 Å². The van der Waals surface area contributed by atoms with Gasteiger partial charge in [0, 0.05) is 24.7 Å². The first kappa shape index (κ1) is 14.9. The van der Waals surface area contributed by atoms with E-state index in [2.05, 4.69) is 6.92 Å². The highest BCUT2D eigenvalue weighted by Crippen LogP contribution is 2.24. The van der Waals surface area contributed by atoms with E-state index >= 15 is 0 Å². The number of rotatable bonds is 3. The molecule has 2 N–H and O–H groups in total. The second-order valence-corrected chi connectivity index (χ2v) is 5.40. The molecule has 0 radical (unpaired) electrons. The number of likely N-dealkylation sites (tertiary alicyclic amines) is 1. The molecule has 2 rings (SSSR count). The summed E-state index contributed by atoms with van der Waals surface area (Å²) in [5.41, 5.74) is 5.84. The molecule has 0 saturated carbocycles. The van der Waals surface area contributed by atoms with Gasteiger partial charge in [-0.1, -0.05) is 19.1 Å². The van der Waals surface area contributed by atoms with Crippen molar-refractivity contribution in [2.45, 2.75) is 32.2 Å². The molecule has 2 atom stereocenters. The van der Waals surface area contributed by atoms with Gasteiger partial charge in [0.05, 0.1) is 6.42 Å². The molecule has 1 aromatic rings. The lowest BCUT2D eigenvalue weighted by Crippen LogP contribution is -2.51. The van der Waals surface area contributed by atoms with Gasteiger partial charge in [0.1, 0.15) is 0 Å². The van der Waals surface area contributed by atoms with E-state index in [1.165, 1.54) is 12.1 Å². The smallest absolute Gasteiger partial charge is 0.227 e. The third-order valence-electron chi connectivity index (χ3n) is 4.05. The number of nitrogens with two attached hydrogens (primary N) is 1. The maximum Gasteiger partial charge on any atom is 0.227 e. The second kappa shape index (κ2) is 6.31. The van der Waals surface area contributed by atoms with Crippen LogP contribution in [0.4, 0.5) is 8.78 Å². The predicted octanol–water partition coefficient (Wildman–Crippen LogP) is 2.09. The second-order valence-electron chi connectivity index (χ2n) is 5.40. The minimum Gasteiger partial charge on any atom is -0.338 e. The summed E-state index contributed by atoms with van der Waals surface area (Å²) in [4.78, 5) is 14.0. The first-order chi connectivity index (χ1) is 9.54. The van der Waals surface area contributed by atoms with E-state index in [4.69, 9.17) is 5.73 Å². The van der Waals surface area contributed by atoms with E-state index in [9.17, 15) is 13.6 Å². The number of nitrogens with zero attached hydrogens (tertiary/aromatic N) is 1. The largest absolute Gasteiger partial charge is 0.338 e. The highest BCUT2D eigenvalue weighted by molar-refractivity contribution is 5.79. The Balaban J connectivity index is 2.12. The van der Waals surface area contributed by atoms with Crippen molar-refractivity contribution in [1.82, 2.24) is 4.90 Å². The standard InChI is InChI=1S/C15H20F2N2O/c1-10-4-3-7-19(13(10)9-18)14(20)8-11-5-2-6-12(16)15(11)17/h2,5-6,10,13H,3-4,7-9,18H2,1H3/t10-,13-/m0/s1. The zero-order chi connectivity index (χ0) is 14.7. The Hall–Kier alpha value is -1.49. The lowest BCUT2D eigenvalue weighted by molar-refractivity contribution is -0.135. The van der Waals surface area contributed by atoms with E-state index in [0.29, 0.717) is 19.0 Å². The van der Waals surface area contributed by atoms with Gasteiger partial charge in [0.25, 0.3) is 0 Å². The Morgan fingerprint density at radius 2 is 2.20 bits per heavy atom. The van der Waals surface area contributed by atoms with E-state index in [-0.39, 0.29) is 23.9 Å². The SMILES string of the molecule is C[C@H]1CCCN(C(=O)Cc2cccc(F)c2F)[C@H]1CN. The monoisotopic (exact) mass is 282 g/mol. The van der Waals surface area contributed by atoms with Crippen molar-refractivity contribution in [3.63, 3.8) is 0 Å². The van der Waals surface area contributed by atoms with Crippen LogP contribution < -0.4 is 5.73 Å². The van der Waals surface area contributed by atoms with Crippen molar-refractivity contribution in [2.24, 2.45) is 11.7 Å². The summed E-state index contributed by atoms with van der Waals surface area (Å²) in [6.45, 7) is 3.11. The molecule has 1 saturated heterocycles. The Morgan fingerprint density at radius 3 is 2.90 bits per heavy atom. The molecule has 110 valence electrons. The number of hydrogen-bond donors (Lipinski definition) is 1. The summed E-state index contributed by atoms with van der Waals surface area (Å²) in [6.07, 6.45) is 1.85. The summed E-state index contributed by atoms with van der Waals surface area (Å²) in [5, 5.41) is 0. The Morgan fingerprint density at radius 1 is 1.45 bits per heavy atom. The summed E-state index contributed by atoms with van der Waals surface area (Å²) in [6, 6.07) is 3.91. The first-order valence-corrected chi connectivity index (χ1v) is 6.97. The van der Waals surface area contributed by atoms with Crippen molar-refractivity contribution in [3.8, 4) is 0 Å². The number of amides is 1. The van der Waals surface area contributed by atoms with Crippen LogP contribution in [0.2, 0.25) is 0 Å². The van der Waals surface area contributed by atoms with E-state index in [1.54, 1.807) is 4.90 Å². The van der Waals surface area contributed by atoms with Crippen LogP contribution in [0.1, 0.15) is 25.3 Å². The van der Waals surface area contributed by atoms with Crippen molar-refractivity contribution >= 4 is 5.91 Å². The summed E-state index contributed by atoms with van der Waals surface area (Å²) >= 11 is 0. The number of hydrogen-bond acceptors (Lipinski definition) is 2. The molecular weight excluding hydrogens is 262 g/mol. The normalized spacial score (nSPS) is 22.9. The predicted molar refractivity (Wildman–Crippen MR) is 73.0 cm³/mol. The number of benzene rings is 1. The molecule has 1 aliphatic rings. The van der Waals surface area contributed by atoms with Crippen molar-refractivity contribution in [2.75, 3.05) is 13.1 Å². The Bertz CT molecular complexity index is 493. The number of piperidine rings is 1. The van der Waals surface area contributed by atoms with Gasteiger partial charge in [0.2, 0.25) is 5.91 Å². The van der Waals surface area contributed by atoms with E-state index in [0.717, 1.165) is 18.9 Å². The molecule has 3 nitrogen and oxygen atoms in total. The maximum absolute atomic E-state index is 13.6. The van der Waals surface area contributed by atoms with Gasteiger partial charge in [-0.2, -0.15) is 0 Å². The molecule has 20 heavy (non-hydrogen) atoms. The van der Waals surface area contributed by atoms with Gasteiger partial charge < -0.3 is 10.6 Å². The van der Waals surface area contributed by atoms with E-state index < -0.39 is 11.6 Å². The number of carbonyl (C=O) groups excluding carboxylic acids is 1. The van der Waals surface area contributed by atoms with Crippen molar-refractivity contribution in [1.29, 1.82) is 0 Å². The van der Waals surface area contributed by atoms with Crippen LogP contribution in [0.3, 0.4) is 0 Å². The molecule has 5 heteroatoms. The molecule has 1 fully saturated rings. The molecule has 0 bridgehead atoms. The molecule has 0 aliphatic carbocycles. The highest BCUT2D eigenvalue weighted by Gasteiger charge is 2.31. The fraction of sp³-hybridized carbons (Fsp3) is 0.533. The minimum absolute atomic E-state index is 0.00660. The van der Waals surface area contributed by atoms with Gasteiger partial charge in [0.15, 0.2) is 11.6 Å². The quantitative estimate of drug-likeness (QED) is 0.922. The molecule has 0 spiro atoms. The zero-order valence-electron chi connectivity index (χ0n) is 11.6. The van der Waals surface area contributed by atoms with Gasteiger partial charge in [-0.3, -0.25) is 4.79 Å². The molecule has 0 unspecified atom stereocenters. The van der Waals surface area contributed by atoms with E-state index in [1.807, 2.05) is 0 Å². The number of carbonyl (C=O) groups is 1. The van der Waals surface area contributed by atoms with Crippen LogP contribution in [0.25, 0.3) is 0 Å². The molecule has 1 aromatic carbocycles. The average molecular weight is 282 g/mol. The van der Waals surface area contributed by atoms with Crippen LogP contribution in [0.15, 0.2) is 18.2 Å². The van der Waals surface area contributed by atoms with Crippen molar-refractivity contribution in [3.05, 3.63) is 35.4 Å². The Labute approximate surface area is 117 Å². The maximum atomic E-state index is 13.6. The van der Waals surface area contributed by atoms with Crippen LogP contribution in [0, 0.1) is 17.6 Å². The zero-order valence-corrected chi connectivity index (χ0v) is 11.6. The molecule has 1 aliphatic heterocycles. The molecule has 1 heterocycles. The third kappa shape index (κ3) is 2.98. The topological polar surface area (TPSA) is 46.3 Å². The van der Waals surface area contributed by atoms with Crippen molar-refractivity contribution < 1.29 is 13.6 Å². The summed E-state index contributed by atoms with van der Waals surface area (Å²) in [5.74, 6) is -1.69. The van der Waals surface area contributed by atoms with Gasteiger partial charge in [-0.25, -0.2) is 8.78 Å². The van der Waals surface area contributed by atoms with Crippen LogP contribution in [0.5, 0.6) is 0 Å². The van der Waals surface area contributed by atoms with Gasteiger partial charge in [-0.15, -0.1) is 0 Å². The fourth-order valence-electron chi connectivity index (χ4n) is 2.87. The molecule has 0 aromatic heterocycles. The van der Waals surface area contributed by atoms with Gasteiger partial charge in [-0.05, 0) is 24.8 Å². The summed E-state index contributed by atoms with van der Waals surface area (Å²) < 4.78 is 26.8. The summed E-state index contributed by atoms with van der Waals surface area (Å²) in [7, 11) is 0. The number of halogens is 2. The third-order valence-corrected chi connectivity index (χ3v) is 4.05. The minimum atomic E-state index is -0.935. The average Bonchev–Trinajstić information content (AvgIpc) is 2.43. The van der Waals surface area contributed by atoms with Crippen LogP contribution >= 0.6 is 0 Å².